The molecule has 0 fully saturated rings. The normalized spacial score (nSPS) is 9.50. The molecule has 1 amide bonds. The smallest absolute Gasteiger partial charge is 0.252 e. The van der Waals surface area contributed by atoms with Gasteiger partial charge in [0.15, 0.2) is 0 Å². The summed E-state index contributed by atoms with van der Waals surface area (Å²) in [6.07, 6.45) is 0. The van der Waals surface area contributed by atoms with Gasteiger partial charge in [-0.25, -0.2) is 0 Å². The first-order chi connectivity index (χ1) is 5.65. The summed E-state index contributed by atoms with van der Waals surface area (Å²) >= 11 is 4.09. The molecule has 0 bridgehead atoms. The Hall–Kier alpha value is -1.16. The Labute approximate surface area is 75.9 Å². The first-order valence-corrected chi connectivity index (χ1v) is 3.76. The molecule has 1 aromatic carbocycles. The van der Waals surface area contributed by atoms with Gasteiger partial charge in [-0.3, -0.25) is 4.79 Å². The SMILES string of the molecule is COc1cc(S)ccc1C(N)=O. The van der Waals surface area contributed by atoms with E-state index in [1.165, 1.54) is 7.11 Å². The van der Waals surface area contributed by atoms with Crippen LogP contribution in [0, 0.1) is 0 Å². The van der Waals surface area contributed by atoms with Gasteiger partial charge in [0.25, 0.3) is 5.91 Å². The third kappa shape index (κ3) is 1.71. The zero-order valence-electron chi connectivity index (χ0n) is 6.57. The number of carbonyl (C=O) groups is 1. The maximum atomic E-state index is 10.8. The van der Waals surface area contributed by atoms with E-state index < -0.39 is 5.91 Å². The maximum absolute atomic E-state index is 10.8. The van der Waals surface area contributed by atoms with Crippen LogP contribution in [0.2, 0.25) is 0 Å². The number of hydrogen-bond donors (Lipinski definition) is 2. The van der Waals surface area contributed by atoms with Crippen LogP contribution >= 0.6 is 12.6 Å². The van der Waals surface area contributed by atoms with Gasteiger partial charge in [0.2, 0.25) is 0 Å². The molecule has 0 heterocycles. The van der Waals surface area contributed by atoms with Gasteiger partial charge < -0.3 is 10.5 Å². The second-order valence-electron chi connectivity index (χ2n) is 2.25. The lowest BCUT2D eigenvalue weighted by molar-refractivity contribution is 0.0997. The van der Waals surface area contributed by atoms with Crippen molar-refractivity contribution in [2.24, 2.45) is 5.73 Å². The zero-order chi connectivity index (χ0) is 9.14. The number of ether oxygens (including phenoxy) is 1. The van der Waals surface area contributed by atoms with Gasteiger partial charge in [0.05, 0.1) is 12.7 Å². The summed E-state index contributed by atoms with van der Waals surface area (Å²) in [5, 5.41) is 0. The fraction of sp³-hybridized carbons (Fsp3) is 0.125. The van der Waals surface area contributed by atoms with Crippen LogP contribution in [-0.4, -0.2) is 13.0 Å². The van der Waals surface area contributed by atoms with E-state index in [0.29, 0.717) is 11.3 Å². The number of amides is 1. The number of carbonyl (C=O) groups excluding carboxylic acids is 1. The topological polar surface area (TPSA) is 52.3 Å². The summed E-state index contributed by atoms with van der Waals surface area (Å²) in [6.45, 7) is 0. The molecule has 64 valence electrons. The predicted molar refractivity (Wildman–Crippen MR) is 48.8 cm³/mol. The van der Waals surface area contributed by atoms with Crippen LogP contribution in [0.1, 0.15) is 10.4 Å². The van der Waals surface area contributed by atoms with Gasteiger partial charge in [-0.1, -0.05) is 0 Å². The Morgan fingerprint density at radius 2 is 2.25 bits per heavy atom. The van der Waals surface area contributed by atoms with E-state index in [4.69, 9.17) is 10.5 Å². The van der Waals surface area contributed by atoms with Crippen molar-refractivity contribution >= 4 is 18.5 Å². The number of hydrogen-bond acceptors (Lipinski definition) is 3. The number of nitrogens with two attached hydrogens (primary N) is 1. The average Bonchev–Trinajstić information content (AvgIpc) is 2.03. The number of primary amides is 1. The molecule has 0 radical (unpaired) electrons. The zero-order valence-corrected chi connectivity index (χ0v) is 7.47. The van der Waals surface area contributed by atoms with E-state index in [1.807, 2.05) is 0 Å². The standard InChI is InChI=1S/C8H9NO2S/c1-11-7-4-5(12)2-3-6(7)8(9)10/h2-4,12H,1H3,(H2,9,10). The van der Waals surface area contributed by atoms with E-state index in [-0.39, 0.29) is 0 Å². The molecule has 0 unspecified atom stereocenters. The minimum atomic E-state index is -0.500. The van der Waals surface area contributed by atoms with Crippen LogP contribution in [0.3, 0.4) is 0 Å². The van der Waals surface area contributed by atoms with Crippen molar-refractivity contribution in [3.63, 3.8) is 0 Å². The third-order valence-electron chi connectivity index (χ3n) is 1.45. The van der Waals surface area contributed by atoms with Crippen LogP contribution < -0.4 is 10.5 Å². The van der Waals surface area contributed by atoms with Crippen LogP contribution in [0.25, 0.3) is 0 Å². The van der Waals surface area contributed by atoms with Gasteiger partial charge in [0.1, 0.15) is 5.75 Å². The van der Waals surface area contributed by atoms with Crippen LogP contribution in [0.4, 0.5) is 0 Å². The molecular formula is C8H9NO2S. The van der Waals surface area contributed by atoms with Crippen LogP contribution in [0.5, 0.6) is 5.75 Å². The first-order valence-electron chi connectivity index (χ1n) is 3.32. The van der Waals surface area contributed by atoms with E-state index >= 15 is 0 Å². The van der Waals surface area contributed by atoms with Crippen LogP contribution in [0.15, 0.2) is 23.1 Å². The molecule has 0 aromatic heterocycles. The van der Waals surface area contributed by atoms with Gasteiger partial charge in [-0.15, -0.1) is 12.6 Å². The van der Waals surface area contributed by atoms with Crippen molar-refractivity contribution in [1.29, 1.82) is 0 Å². The molecule has 0 saturated carbocycles. The molecule has 0 aliphatic carbocycles. The largest absolute Gasteiger partial charge is 0.496 e. The molecule has 4 heteroatoms. The fourth-order valence-electron chi connectivity index (χ4n) is 0.883. The molecule has 0 saturated heterocycles. The summed E-state index contributed by atoms with van der Waals surface area (Å²) in [5.74, 6) is -0.0461. The Balaban J connectivity index is 3.20. The highest BCUT2D eigenvalue weighted by Crippen LogP contribution is 2.21. The minimum Gasteiger partial charge on any atom is -0.496 e. The Morgan fingerprint density at radius 3 is 2.75 bits per heavy atom. The summed E-state index contributed by atoms with van der Waals surface area (Å²) < 4.78 is 4.94. The van der Waals surface area contributed by atoms with Crippen molar-refractivity contribution in [3.05, 3.63) is 23.8 Å². The van der Waals surface area contributed by atoms with Gasteiger partial charge >= 0.3 is 0 Å². The Morgan fingerprint density at radius 1 is 1.58 bits per heavy atom. The second-order valence-corrected chi connectivity index (χ2v) is 2.77. The molecule has 3 nitrogen and oxygen atoms in total. The second kappa shape index (κ2) is 3.49. The summed E-state index contributed by atoms with van der Waals surface area (Å²) in [5.41, 5.74) is 5.47. The van der Waals surface area contributed by atoms with E-state index in [1.54, 1.807) is 18.2 Å². The molecular weight excluding hydrogens is 174 g/mol. The highest BCUT2D eigenvalue weighted by Gasteiger charge is 2.07. The molecule has 1 aromatic rings. The molecule has 0 aliphatic heterocycles. The van der Waals surface area contributed by atoms with E-state index in [2.05, 4.69) is 12.6 Å². The predicted octanol–water partition coefficient (Wildman–Crippen LogP) is 1.08. The molecule has 12 heavy (non-hydrogen) atoms. The number of methoxy groups -OCH3 is 1. The lowest BCUT2D eigenvalue weighted by Crippen LogP contribution is -2.12. The van der Waals surface area contributed by atoms with Crippen molar-refractivity contribution in [3.8, 4) is 5.75 Å². The van der Waals surface area contributed by atoms with E-state index in [0.717, 1.165) is 4.90 Å². The van der Waals surface area contributed by atoms with Crippen molar-refractivity contribution < 1.29 is 9.53 Å². The van der Waals surface area contributed by atoms with Crippen molar-refractivity contribution in [1.82, 2.24) is 0 Å². The third-order valence-corrected chi connectivity index (χ3v) is 1.73. The van der Waals surface area contributed by atoms with Crippen molar-refractivity contribution in [2.45, 2.75) is 4.90 Å². The quantitative estimate of drug-likeness (QED) is 0.674. The minimum absolute atomic E-state index is 0.371. The molecule has 0 atom stereocenters. The van der Waals surface area contributed by atoms with Crippen molar-refractivity contribution in [2.75, 3.05) is 7.11 Å². The summed E-state index contributed by atoms with van der Waals surface area (Å²) in [7, 11) is 1.48. The van der Waals surface area contributed by atoms with E-state index in [9.17, 15) is 4.79 Å². The fourth-order valence-corrected chi connectivity index (χ4v) is 1.08. The number of thiol groups is 1. The highest BCUT2D eigenvalue weighted by molar-refractivity contribution is 7.80. The maximum Gasteiger partial charge on any atom is 0.252 e. The highest BCUT2D eigenvalue weighted by atomic mass is 32.1. The number of rotatable bonds is 2. The molecule has 2 N–H and O–H groups in total. The van der Waals surface area contributed by atoms with Gasteiger partial charge in [-0.2, -0.15) is 0 Å². The monoisotopic (exact) mass is 183 g/mol. The lowest BCUT2D eigenvalue weighted by atomic mass is 10.2. The average molecular weight is 183 g/mol. The summed E-state index contributed by atoms with van der Waals surface area (Å²) in [4.78, 5) is 11.5. The Kier molecular flexibility index (Phi) is 2.60. The lowest BCUT2D eigenvalue weighted by Gasteiger charge is -2.04. The van der Waals surface area contributed by atoms with Crippen LogP contribution in [-0.2, 0) is 0 Å². The molecule has 1 rings (SSSR count). The van der Waals surface area contributed by atoms with Gasteiger partial charge in [-0.05, 0) is 18.2 Å². The molecule has 0 spiro atoms. The molecule has 0 aliphatic rings. The Bertz CT molecular complexity index is 312. The van der Waals surface area contributed by atoms with Gasteiger partial charge in [0, 0.05) is 4.90 Å². The summed E-state index contributed by atoms with van der Waals surface area (Å²) in [6, 6.07) is 4.92. The first kappa shape index (κ1) is 8.93. The number of benzene rings is 1.